The highest BCUT2D eigenvalue weighted by Crippen LogP contribution is 2.14. The summed E-state index contributed by atoms with van der Waals surface area (Å²) < 4.78 is 10.9. The Morgan fingerprint density at radius 1 is 1.05 bits per heavy atom. The normalized spacial score (nSPS) is 11.6. The highest BCUT2D eigenvalue weighted by atomic mass is 32.1. The third-order valence-corrected chi connectivity index (χ3v) is 2.98. The van der Waals surface area contributed by atoms with E-state index < -0.39 is 11.9 Å². The second-order valence-electron chi connectivity index (χ2n) is 3.82. The van der Waals surface area contributed by atoms with Gasteiger partial charge in [0.1, 0.15) is 0 Å². The standard InChI is InChI=1S/C13H15NO4S/c1-8-6-5-7-9(2)14(8)10(12(15)17-3)11(19)13(16)18-4/h5-7H,1-4H3/p+1. The Kier molecular flexibility index (Phi) is 5.11. The fourth-order valence-electron chi connectivity index (χ4n) is 1.69. The first-order valence-electron chi connectivity index (χ1n) is 5.52. The second kappa shape index (κ2) is 6.38. The van der Waals surface area contributed by atoms with Crippen molar-refractivity contribution in [1.82, 2.24) is 0 Å². The Balaban J connectivity index is 3.59. The van der Waals surface area contributed by atoms with Crippen LogP contribution in [0.2, 0.25) is 0 Å². The van der Waals surface area contributed by atoms with Crippen LogP contribution in [-0.2, 0) is 19.1 Å². The summed E-state index contributed by atoms with van der Waals surface area (Å²) in [7, 11) is 2.47. The lowest BCUT2D eigenvalue weighted by Crippen LogP contribution is -2.43. The van der Waals surface area contributed by atoms with Crippen LogP contribution in [0.5, 0.6) is 0 Å². The minimum Gasteiger partial charge on any atom is -0.465 e. The molecule has 0 bridgehead atoms. The zero-order valence-electron chi connectivity index (χ0n) is 11.3. The van der Waals surface area contributed by atoms with Gasteiger partial charge in [-0.05, 0) is 6.07 Å². The molecule has 0 spiro atoms. The van der Waals surface area contributed by atoms with E-state index >= 15 is 0 Å². The molecular weight excluding hydrogens is 266 g/mol. The van der Waals surface area contributed by atoms with Crippen molar-refractivity contribution in [3.63, 3.8) is 0 Å². The van der Waals surface area contributed by atoms with Crippen molar-refractivity contribution in [2.45, 2.75) is 13.8 Å². The van der Waals surface area contributed by atoms with Crippen molar-refractivity contribution in [1.29, 1.82) is 0 Å². The van der Waals surface area contributed by atoms with Gasteiger partial charge in [0.05, 0.1) is 14.2 Å². The number of hydrogen-bond donors (Lipinski definition) is 1. The molecule has 0 amide bonds. The predicted molar refractivity (Wildman–Crippen MR) is 72.3 cm³/mol. The van der Waals surface area contributed by atoms with Crippen LogP contribution in [0.3, 0.4) is 0 Å². The highest BCUT2D eigenvalue weighted by Gasteiger charge is 2.32. The summed E-state index contributed by atoms with van der Waals surface area (Å²) in [5, 5.41) is 0. The van der Waals surface area contributed by atoms with Crippen molar-refractivity contribution in [3.8, 4) is 0 Å². The number of esters is 2. The minimum absolute atomic E-state index is 0.0354. The lowest BCUT2D eigenvalue weighted by molar-refractivity contribution is -0.592. The van der Waals surface area contributed by atoms with Crippen LogP contribution in [-0.4, -0.2) is 26.2 Å². The van der Waals surface area contributed by atoms with E-state index in [-0.39, 0.29) is 10.6 Å². The molecule has 0 radical (unpaired) electrons. The molecule has 0 aliphatic rings. The number of pyridine rings is 1. The SMILES string of the molecule is COC(=O)/C(S)=C(\C(=O)OC)[n+]1c(C)cccc1C. The van der Waals surface area contributed by atoms with Gasteiger partial charge in [-0.25, -0.2) is 9.59 Å². The van der Waals surface area contributed by atoms with E-state index in [9.17, 15) is 9.59 Å². The minimum atomic E-state index is -0.695. The van der Waals surface area contributed by atoms with Crippen LogP contribution in [0.25, 0.3) is 5.70 Å². The summed E-state index contributed by atoms with van der Waals surface area (Å²) in [6, 6.07) is 5.48. The number of rotatable bonds is 3. The van der Waals surface area contributed by atoms with Gasteiger partial charge in [0, 0.05) is 26.0 Å². The Labute approximate surface area is 117 Å². The van der Waals surface area contributed by atoms with Crippen molar-refractivity contribution >= 4 is 30.3 Å². The lowest BCUT2D eigenvalue weighted by atomic mass is 10.2. The van der Waals surface area contributed by atoms with Crippen LogP contribution >= 0.6 is 12.6 Å². The molecule has 6 heteroatoms. The van der Waals surface area contributed by atoms with Gasteiger partial charge >= 0.3 is 17.6 Å². The van der Waals surface area contributed by atoms with Gasteiger partial charge in [-0.15, -0.1) is 12.6 Å². The predicted octanol–water partition coefficient (Wildman–Crippen LogP) is 1.04. The average Bonchev–Trinajstić information content (AvgIpc) is 2.40. The number of methoxy groups -OCH3 is 2. The highest BCUT2D eigenvalue weighted by molar-refractivity contribution is 7.85. The summed E-state index contributed by atoms with van der Waals surface area (Å²) in [5.41, 5.74) is 1.58. The Morgan fingerprint density at radius 3 is 1.95 bits per heavy atom. The summed E-state index contributed by atoms with van der Waals surface area (Å²) in [4.78, 5) is 23.4. The van der Waals surface area contributed by atoms with Crippen LogP contribution in [0.4, 0.5) is 0 Å². The van der Waals surface area contributed by atoms with Gasteiger partial charge in [-0.3, -0.25) is 0 Å². The van der Waals surface area contributed by atoms with Gasteiger partial charge in [-0.1, -0.05) is 0 Å². The first-order chi connectivity index (χ1) is 8.93. The molecule has 102 valence electrons. The Morgan fingerprint density at radius 2 is 1.53 bits per heavy atom. The molecule has 0 unspecified atom stereocenters. The van der Waals surface area contributed by atoms with E-state index in [4.69, 9.17) is 4.74 Å². The number of carbonyl (C=O) groups excluding carboxylic acids is 2. The molecule has 5 nitrogen and oxygen atoms in total. The number of carbonyl (C=O) groups is 2. The summed E-state index contributed by atoms with van der Waals surface area (Å²) in [5.74, 6) is -1.35. The number of nitrogens with zero attached hydrogens (tertiary/aromatic N) is 1. The topological polar surface area (TPSA) is 56.5 Å². The van der Waals surface area contributed by atoms with Crippen molar-refractivity contribution in [2.24, 2.45) is 0 Å². The quantitative estimate of drug-likeness (QED) is 0.389. The molecule has 0 aromatic carbocycles. The number of thiol groups is 1. The van der Waals surface area contributed by atoms with E-state index in [1.54, 1.807) is 4.57 Å². The molecule has 19 heavy (non-hydrogen) atoms. The summed E-state index contributed by atoms with van der Waals surface area (Å²) in [6.07, 6.45) is 0. The summed E-state index contributed by atoms with van der Waals surface area (Å²) >= 11 is 4.08. The molecule has 0 saturated heterocycles. The largest absolute Gasteiger partial charge is 0.465 e. The molecule has 0 aliphatic carbocycles. The molecule has 1 aromatic heterocycles. The van der Waals surface area contributed by atoms with Gasteiger partial charge in [-0.2, -0.15) is 4.57 Å². The van der Waals surface area contributed by atoms with Crippen molar-refractivity contribution in [3.05, 3.63) is 34.5 Å². The van der Waals surface area contributed by atoms with Crippen LogP contribution in [0, 0.1) is 13.8 Å². The number of aromatic nitrogens is 1. The molecule has 0 atom stereocenters. The van der Waals surface area contributed by atoms with Gasteiger partial charge in [0.25, 0.3) is 0 Å². The average molecular weight is 282 g/mol. The van der Waals surface area contributed by atoms with E-state index in [1.807, 2.05) is 32.0 Å². The molecule has 1 aromatic rings. The van der Waals surface area contributed by atoms with E-state index in [0.29, 0.717) is 0 Å². The molecule has 0 N–H and O–H groups in total. The lowest BCUT2D eigenvalue weighted by Gasteiger charge is -2.07. The van der Waals surface area contributed by atoms with E-state index in [2.05, 4.69) is 17.4 Å². The number of hydrogen-bond acceptors (Lipinski definition) is 5. The molecule has 0 fully saturated rings. The monoisotopic (exact) mass is 282 g/mol. The first-order valence-corrected chi connectivity index (χ1v) is 5.97. The third-order valence-electron chi connectivity index (χ3n) is 2.59. The molecule has 1 rings (SSSR count). The smallest absolute Gasteiger partial charge is 0.405 e. The fraction of sp³-hybridized carbons (Fsp3) is 0.308. The van der Waals surface area contributed by atoms with Gasteiger partial charge in [0.2, 0.25) is 0 Å². The molecule has 1 heterocycles. The first kappa shape index (κ1) is 15.2. The van der Waals surface area contributed by atoms with Crippen LogP contribution in [0.1, 0.15) is 11.4 Å². The van der Waals surface area contributed by atoms with Gasteiger partial charge in [0.15, 0.2) is 16.3 Å². The maximum Gasteiger partial charge on any atom is 0.405 e. The van der Waals surface area contributed by atoms with Crippen molar-refractivity contribution < 1.29 is 23.6 Å². The fourth-order valence-corrected chi connectivity index (χ4v) is 1.97. The zero-order chi connectivity index (χ0) is 14.6. The maximum absolute atomic E-state index is 11.9. The maximum atomic E-state index is 11.9. The van der Waals surface area contributed by atoms with Crippen LogP contribution in [0.15, 0.2) is 23.1 Å². The van der Waals surface area contributed by atoms with Gasteiger partial charge < -0.3 is 9.47 Å². The van der Waals surface area contributed by atoms with E-state index in [1.165, 1.54) is 14.2 Å². The van der Waals surface area contributed by atoms with Crippen LogP contribution < -0.4 is 4.57 Å². The Bertz CT molecular complexity index is 531. The van der Waals surface area contributed by atoms with E-state index in [0.717, 1.165) is 11.4 Å². The molecule has 0 saturated carbocycles. The second-order valence-corrected chi connectivity index (χ2v) is 4.27. The third kappa shape index (κ3) is 3.14. The molecule has 0 aliphatic heterocycles. The zero-order valence-corrected chi connectivity index (χ0v) is 12.2. The number of ether oxygens (including phenoxy) is 2. The molecular formula is C13H16NO4S+. The Hall–Kier alpha value is -1.82. The van der Waals surface area contributed by atoms with Crippen molar-refractivity contribution in [2.75, 3.05) is 14.2 Å². The summed E-state index contributed by atoms with van der Waals surface area (Å²) in [6.45, 7) is 3.63. The number of aryl methyl sites for hydroxylation is 2.